The number of nitrogens with one attached hydrogen (secondary N) is 1. The normalized spacial score (nSPS) is 18.8. The summed E-state index contributed by atoms with van der Waals surface area (Å²) in [5, 5.41) is 3.45. The largest absolute Gasteiger partial charge is 0.493 e. The Morgan fingerprint density at radius 2 is 2.21 bits per heavy atom. The van der Waals surface area contributed by atoms with Gasteiger partial charge in [-0.25, -0.2) is 0 Å². The molecule has 1 fully saturated rings. The van der Waals surface area contributed by atoms with Crippen molar-refractivity contribution in [2.45, 2.75) is 40.0 Å². The van der Waals surface area contributed by atoms with Gasteiger partial charge in [0.2, 0.25) is 0 Å². The van der Waals surface area contributed by atoms with E-state index in [0.29, 0.717) is 5.41 Å². The molecule has 0 amide bonds. The lowest BCUT2D eigenvalue weighted by Gasteiger charge is -2.23. The minimum absolute atomic E-state index is 0. The molecule has 0 saturated carbocycles. The van der Waals surface area contributed by atoms with Gasteiger partial charge in [0.25, 0.3) is 0 Å². The third kappa shape index (κ3) is 4.77. The van der Waals surface area contributed by atoms with Crippen LogP contribution in [0.4, 0.5) is 0 Å². The summed E-state index contributed by atoms with van der Waals surface area (Å²) >= 11 is 0. The van der Waals surface area contributed by atoms with Gasteiger partial charge in [-0.1, -0.05) is 26.0 Å². The summed E-state index contributed by atoms with van der Waals surface area (Å²) in [5.74, 6) is 2.13. The van der Waals surface area contributed by atoms with E-state index in [1.165, 1.54) is 17.5 Å². The zero-order chi connectivity index (χ0) is 16.3. The fraction of sp³-hybridized carbons (Fsp3) is 0.632. The van der Waals surface area contributed by atoms with Crippen LogP contribution in [0, 0.1) is 5.41 Å². The van der Waals surface area contributed by atoms with Gasteiger partial charge >= 0.3 is 0 Å². The van der Waals surface area contributed by atoms with Crippen molar-refractivity contribution >= 4 is 29.9 Å². The Morgan fingerprint density at radius 3 is 2.92 bits per heavy atom. The molecule has 2 aliphatic heterocycles. The molecule has 134 valence electrons. The van der Waals surface area contributed by atoms with Crippen molar-refractivity contribution in [3.8, 4) is 5.75 Å². The van der Waals surface area contributed by atoms with E-state index in [-0.39, 0.29) is 24.0 Å². The highest BCUT2D eigenvalue weighted by molar-refractivity contribution is 14.0. The zero-order valence-corrected chi connectivity index (χ0v) is 17.4. The molecule has 0 aliphatic carbocycles. The van der Waals surface area contributed by atoms with E-state index in [9.17, 15) is 0 Å². The molecule has 1 saturated heterocycles. The summed E-state index contributed by atoms with van der Waals surface area (Å²) in [5.41, 5.74) is 3.10. The van der Waals surface area contributed by atoms with Crippen molar-refractivity contribution in [3.05, 3.63) is 29.3 Å². The van der Waals surface area contributed by atoms with E-state index in [1.54, 1.807) is 0 Å². The highest BCUT2D eigenvalue weighted by Gasteiger charge is 2.30. The van der Waals surface area contributed by atoms with E-state index >= 15 is 0 Å². The maximum Gasteiger partial charge on any atom is 0.193 e. The maximum absolute atomic E-state index is 5.57. The van der Waals surface area contributed by atoms with Gasteiger partial charge < -0.3 is 15.0 Å². The fourth-order valence-corrected chi connectivity index (χ4v) is 3.41. The smallest absolute Gasteiger partial charge is 0.193 e. The van der Waals surface area contributed by atoms with Gasteiger partial charge in [-0.15, -0.1) is 24.0 Å². The Morgan fingerprint density at radius 1 is 1.38 bits per heavy atom. The van der Waals surface area contributed by atoms with Crippen molar-refractivity contribution in [3.63, 3.8) is 0 Å². The molecule has 0 radical (unpaired) electrons. The second kappa shape index (κ2) is 8.41. The summed E-state index contributed by atoms with van der Waals surface area (Å²) < 4.78 is 5.57. The van der Waals surface area contributed by atoms with Gasteiger partial charge in [0.15, 0.2) is 5.96 Å². The number of hydrogen-bond acceptors (Lipinski definition) is 2. The molecule has 0 spiro atoms. The van der Waals surface area contributed by atoms with Gasteiger partial charge in [0.05, 0.1) is 6.61 Å². The standard InChI is InChI=1S/C19H29N3O.HI/c1-4-20-18(22-11-9-19(2,3)14-22)21-10-7-15-5-6-17-16(13-15)8-12-23-17;/h5-6,13H,4,7-12,14H2,1-3H3,(H,20,21);1H. The van der Waals surface area contributed by atoms with Crippen molar-refractivity contribution in [1.82, 2.24) is 10.2 Å². The van der Waals surface area contributed by atoms with Crippen LogP contribution in [-0.4, -0.2) is 43.6 Å². The number of nitrogens with zero attached hydrogens (tertiary/aromatic N) is 2. The second-order valence-corrected chi connectivity index (χ2v) is 7.36. The first-order chi connectivity index (χ1) is 11.1. The summed E-state index contributed by atoms with van der Waals surface area (Å²) in [7, 11) is 0. The number of halogens is 1. The van der Waals surface area contributed by atoms with Gasteiger partial charge in [0.1, 0.15) is 5.75 Å². The number of fused-ring (bicyclic) bond motifs is 1. The third-order valence-electron chi connectivity index (χ3n) is 4.73. The van der Waals surface area contributed by atoms with E-state index in [0.717, 1.165) is 57.3 Å². The van der Waals surface area contributed by atoms with E-state index < -0.39 is 0 Å². The first-order valence-corrected chi connectivity index (χ1v) is 8.85. The molecule has 0 unspecified atom stereocenters. The van der Waals surface area contributed by atoms with Crippen LogP contribution in [0.3, 0.4) is 0 Å². The highest BCUT2D eigenvalue weighted by atomic mass is 127. The molecule has 0 bridgehead atoms. The molecule has 1 aromatic rings. The molecule has 24 heavy (non-hydrogen) atoms. The molecule has 1 N–H and O–H groups in total. The molecule has 4 nitrogen and oxygen atoms in total. The Hall–Kier alpha value is -0.980. The lowest BCUT2D eigenvalue weighted by Crippen LogP contribution is -2.40. The van der Waals surface area contributed by atoms with Crippen molar-refractivity contribution in [1.29, 1.82) is 0 Å². The molecule has 5 heteroatoms. The summed E-state index contributed by atoms with van der Waals surface area (Å²) in [6, 6.07) is 6.56. The molecule has 0 aromatic heterocycles. The van der Waals surface area contributed by atoms with Crippen molar-refractivity contribution in [2.24, 2.45) is 10.4 Å². The predicted molar refractivity (Wildman–Crippen MR) is 111 cm³/mol. The number of aliphatic imine (C=N–C) groups is 1. The average Bonchev–Trinajstić information content (AvgIpc) is 3.12. The number of guanidine groups is 1. The Kier molecular flexibility index (Phi) is 6.78. The van der Waals surface area contributed by atoms with Crippen LogP contribution in [0.2, 0.25) is 0 Å². The molecule has 3 rings (SSSR count). The van der Waals surface area contributed by atoms with Crippen LogP contribution >= 0.6 is 24.0 Å². The first-order valence-electron chi connectivity index (χ1n) is 8.85. The van der Waals surface area contributed by atoms with E-state index in [4.69, 9.17) is 9.73 Å². The van der Waals surface area contributed by atoms with E-state index in [1.807, 2.05) is 0 Å². The summed E-state index contributed by atoms with van der Waals surface area (Å²) in [6.45, 7) is 11.6. The van der Waals surface area contributed by atoms with Gasteiger partial charge in [-0.05, 0) is 42.4 Å². The van der Waals surface area contributed by atoms with Gasteiger partial charge in [-0.2, -0.15) is 0 Å². The molecule has 0 atom stereocenters. The van der Waals surface area contributed by atoms with Crippen molar-refractivity contribution in [2.75, 3.05) is 32.8 Å². The average molecular weight is 443 g/mol. The van der Waals surface area contributed by atoms with Crippen LogP contribution in [-0.2, 0) is 12.8 Å². The van der Waals surface area contributed by atoms with Gasteiger partial charge in [0, 0.05) is 32.6 Å². The quantitative estimate of drug-likeness (QED) is 0.440. The van der Waals surface area contributed by atoms with E-state index in [2.05, 4.69) is 49.2 Å². The minimum Gasteiger partial charge on any atom is -0.493 e. The van der Waals surface area contributed by atoms with Crippen LogP contribution in [0.15, 0.2) is 23.2 Å². The van der Waals surface area contributed by atoms with Crippen LogP contribution in [0.1, 0.15) is 38.3 Å². The monoisotopic (exact) mass is 443 g/mol. The molecule has 1 aromatic carbocycles. The van der Waals surface area contributed by atoms with Crippen molar-refractivity contribution < 1.29 is 4.74 Å². The number of benzene rings is 1. The van der Waals surface area contributed by atoms with Crippen LogP contribution in [0.25, 0.3) is 0 Å². The Bertz CT molecular complexity index is 586. The predicted octanol–water partition coefficient (Wildman–Crippen LogP) is 3.48. The second-order valence-electron chi connectivity index (χ2n) is 7.36. The maximum atomic E-state index is 5.57. The zero-order valence-electron chi connectivity index (χ0n) is 15.1. The molecule has 2 heterocycles. The lowest BCUT2D eigenvalue weighted by molar-refractivity contribution is 0.357. The third-order valence-corrected chi connectivity index (χ3v) is 4.73. The van der Waals surface area contributed by atoms with Crippen LogP contribution < -0.4 is 10.1 Å². The van der Waals surface area contributed by atoms with Gasteiger partial charge in [-0.3, -0.25) is 4.99 Å². The lowest BCUT2D eigenvalue weighted by atomic mass is 9.93. The Balaban J connectivity index is 0.00000208. The molecular weight excluding hydrogens is 413 g/mol. The number of ether oxygens (including phenoxy) is 1. The number of likely N-dealkylation sites (tertiary alicyclic amines) is 1. The number of hydrogen-bond donors (Lipinski definition) is 1. The Labute approximate surface area is 163 Å². The number of rotatable bonds is 4. The highest BCUT2D eigenvalue weighted by Crippen LogP contribution is 2.29. The minimum atomic E-state index is 0. The topological polar surface area (TPSA) is 36.9 Å². The molecule has 2 aliphatic rings. The summed E-state index contributed by atoms with van der Waals surface area (Å²) in [6.07, 6.45) is 3.26. The SMILES string of the molecule is CCNC(=NCCc1ccc2c(c1)CCO2)N1CCC(C)(C)C1.I. The summed E-state index contributed by atoms with van der Waals surface area (Å²) in [4.78, 5) is 7.25. The molecular formula is C19H30IN3O. The van der Waals surface area contributed by atoms with Crippen LogP contribution in [0.5, 0.6) is 5.75 Å². The fourth-order valence-electron chi connectivity index (χ4n) is 3.41. The first kappa shape index (κ1) is 19.3.